The van der Waals surface area contributed by atoms with Crippen molar-refractivity contribution < 1.29 is 4.21 Å². The molecule has 0 heterocycles. The van der Waals surface area contributed by atoms with Crippen molar-refractivity contribution in [2.45, 2.75) is 18.2 Å². The van der Waals surface area contributed by atoms with E-state index in [1.165, 1.54) is 0 Å². The van der Waals surface area contributed by atoms with Gasteiger partial charge in [0.15, 0.2) is 0 Å². The summed E-state index contributed by atoms with van der Waals surface area (Å²) >= 11 is 0. The highest BCUT2D eigenvalue weighted by atomic mass is 32.2. The third-order valence-electron chi connectivity index (χ3n) is 1.98. The van der Waals surface area contributed by atoms with E-state index in [9.17, 15) is 4.21 Å². The minimum atomic E-state index is -1.19. The van der Waals surface area contributed by atoms with E-state index in [0.29, 0.717) is 0 Å². The lowest BCUT2D eigenvalue weighted by atomic mass is 10.3. The highest BCUT2D eigenvalue weighted by molar-refractivity contribution is 7.83. The predicted molar refractivity (Wildman–Crippen MR) is 73.0 cm³/mol. The zero-order valence-electron chi connectivity index (χ0n) is 10.5. The lowest BCUT2D eigenvalue weighted by Gasteiger charge is -2.07. The molecule has 0 aliphatic carbocycles. The topological polar surface area (TPSA) is 44.7 Å². The van der Waals surface area contributed by atoms with Crippen LogP contribution < -0.4 is 4.72 Å². The zero-order valence-corrected chi connectivity index (χ0v) is 11.3. The quantitative estimate of drug-likeness (QED) is 0.622. The lowest BCUT2D eigenvalue weighted by molar-refractivity contribution is 0.643. The van der Waals surface area contributed by atoms with Gasteiger partial charge in [-0.05, 0) is 18.6 Å². The second-order valence-corrected chi connectivity index (χ2v) is 5.10. The van der Waals surface area contributed by atoms with Crippen LogP contribution in [0.15, 0.2) is 34.2 Å². The largest absolute Gasteiger partial charge is 0.369 e. The first kappa shape index (κ1) is 13.9. The summed E-state index contributed by atoms with van der Waals surface area (Å²) in [6.45, 7) is 2.78. The fourth-order valence-corrected chi connectivity index (χ4v) is 2.23. The zero-order chi connectivity index (χ0) is 12.7. The maximum Gasteiger partial charge on any atom is 0.127 e. The minimum Gasteiger partial charge on any atom is -0.369 e. The molecule has 17 heavy (non-hydrogen) atoms. The van der Waals surface area contributed by atoms with Crippen molar-refractivity contribution in [2.75, 3.05) is 20.6 Å². The summed E-state index contributed by atoms with van der Waals surface area (Å²) in [4.78, 5) is 6.87. The molecule has 0 aliphatic rings. The van der Waals surface area contributed by atoms with E-state index in [1.54, 1.807) is 6.34 Å². The standard InChI is InChI=1S/C12H19N3OS/c1-4-9-14-17(16)12-8-6-5-7-11(12)13-10-15(2)3/h5-8,10,14H,4,9H2,1-3H3. The molecule has 0 spiro atoms. The molecule has 0 bridgehead atoms. The lowest BCUT2D eigenvalue weighted by Crippen LogP contribution is -2.18. The summed E-state index contributed by atoms with van der Waals surface area (Å²) in [6.07, 6.45) is 2.66. The predicted octanol–water partition coefficient (Wildman–Crippen LogP) is 1.93. The molecule has 0 saturated heterocycles. The van der Waals surface area contributed by atoms with Gasteiger partial charge in [-0.25, -0.2) is 13.9 Å². The van der Waals surface area contributed by atoms with E-state index < -0.39 is 11.0 Å². The van der Waals surface area contributed by atoms with Crippen LogP contribution in [-0.2, 0) is 11.0 Å². The average molecular weight is 253 g/mol. The van der Waals surface area contributed by atoms with Gasteiger partial charge >= 0.3 is 0 Å². The van der Waals surface area contributed by atoms with Gasteiger partial charge in [-0.2, -0.15) is 0 Å². The van der Waals surface area contributed by atoms with E-state index >= 15 is 0 Å². The Labute approximate surface area is 105 Å². The highest BCUT2D eigenvalue weighted by Crippen LogP contribution is 2.20. The first-order chi connectivity index (χ1) is 8.15. The van der Waals surface area contributed by atoms with Gasteiger partial charge in [-0.1, -0.05) is 19.1 Å². The summed E-state index contributed by atoms with van der Waals surface area (Å²) in [7, 11) is 2.61. The number of hydrogen-bond acceptors (Lipinski definition) is 2. The van der Waals surface area contributed by atoms with E-state index in [0.717, 1.165) is 23.5 Å². The van der Waals surface area contributed by atoms with Crippen molar-refractivity contribution in [3.05, 3.63) is 24.3 Å². The molecule has 1 rings (SSSR count). The second kappa shape index (κ2) is 7.19. The van der Waals surface area contributed by atoms with E-state index in [2.05, 4.69) is 9.71 Å². The van der Waals surface area contributed by atoms with Crippen LogP contribution in [0.3, 0.4) is 0 Å². The molecule has 1 aromatic carbocycles. The van der Waals surface area contributed by atoms with Crippen LogP contribution in [0.1, 0.15) is 13.3 Å². The number of nitrogens with zero attached hydrogens (tertiary/aromatic N) is 2. The van der Waals surface area contributed by atoms with Crippen LogP contribution >= 0.6 is 0 Å². The Balaban J connectivity index is 2.87. The Morgan fingerprint density at radius 2 is 2.12 bits per heavy atom. The second-order valence-electron chi connectivity index (χ2n) is 3.84. The number of nitrogens with one attached hydrogen (secondary N) is 1. The Hall–Kier alpha value is -1.20. The van der Waals surface area contributed by atoms with Crippen molar-refractivity contribution in [3.8, 4) is 0 Å². The molecular weight excluding hydrogens is 234 g/mol. The molecule has 0 fully saturated rings. The summed E-state index contributed by atoms with van der Waals surface area (Å²) in [5.74, 6) is 0. The van der Waals surface area contributed by atoms with Gasteiger partial charge in [-0.15, -0.1) is 0 Å². The van der Waals surface area contributed by atoms with Gasteiger partial charge in [-0.3, -0.25) is 0 Å². The van der Waals surface area contributed by atoms with Crippen LogP contribution in [0.2, 0.25) is 0 Å². The third kappa shape index (κ3) is 4.66. The molecule has 4 nitrogen and oxygen atoms in total. The van der Waals surface area contributed by atoms with Crippen molar-refractivity contribution in [1.29, 1.82) is 0 Å². The summed E-state index contributed by atoms with van der Waals surface area (Å²) in [5, 5.41) is 0. The summed E-state index contributed by atoms with van der Waals surface area (Å²) in [5.41, 5.74) is 0.739. The molecular formula is C12H19N3OS. The van der Waals surface area contributed by atoms with Gasteiger partial charge in [0.25, 0.3) is 0 Å². The summed E-state index contributed by atoms with van der Waals surface area (Å²) < 4.78 is 14.9. The van der Waals surface area contributed by atoms with Crippen LogP contribution in [0, 0.1) is 0 Å². The molecule has 0 amide bonds. The molecule has 1 atom stereocenters. The van der Waals surface area contributed by atoms with Gasteiger partial charge in [0, 0.05) is 20.6 Å². The molecule has 0 aromatic heterocycles. The maximum absolute atomic E-state index is 12.0. The molecule has 1 unspecified atom stereocenters. The van der Waals surface area contributed by atoms with Crippen LogP contribution in [0.25, 0.3) is 0 Å². The SMILES string of the molecule is CCCNS(=O)c1ccccc1N=CN(C)C. The van der Waals surface area contributed by atoms with E-state index in [-0.39, 0.29) is 0 Å². The average Bonchev–Trinajstić information content (AvgIpc) is 2.33. The van der Waals surface area contributed by atoms with E-state index in [1.807, 2.05) is 50.2 Å². The van der Waals surface area contributed by atoms with Crippen LogP contribution in [0.4, 0.5) is 5.69 Å². The van der Waals surface area contributed by atoms with Gasteiger partial charge in [0.2, 0.25) is 0 Å². The highest BCUT2D eigenvalue weighted by Gasteiger charge is 2.07. The number of benzene rings is 1. The first-order valence-corrected chi connectivity index (χ1v) is 6.75. The normalized spacial score (nSPS) is 12.9. The Morgan fingerprint density at radius 1 is 1.41 bits per heavy atom. The smallest absolute Gasteiger partial charge is 0.127 e. The van der Waals surface area contributed by atoms with Gasteiger partial charge < -0.3 is 4.90 Å². The van der Waals surface area contributed by atoms with Crippen LogP contribution in [-0.4, -0.2) is 36.1 Å². The molecule has 0 saturated carbocycles. The Bertz CT molecular complexity index is 404. The fourth-order valence-electron chi connectivity index (χ4n) is 1.17. The van der Waals surface area contributed by atoms with Crippen molar-refractivity contribution in [1.82, 2.24) is 9.62 Å². The molecule has 1 aromatic rings. The molecule has 5 heteroatoms. The molecule has 94 valence electrons. The number of rotatable bonds is 6. The van der Waals surface area contributed by atoms with E-state index in [4.69, 9.17) is 0 Å². The van der Waals surface area contributed by atoms with Crippen molar-refractivity contribution in [3.63, 3.8) is 0 Å². The molecule has 1 N–H and O–H groups in total. The summed E-state index contributed by atoms with van der Waals surface area (Å²) in [6, 6.07) is 7.46. The maximum atomic E-state index is 12.0. The van der Waals surface area contributed by atoms with Crippen LogP contribution in [0.5, 0.6) is 0 Å². The third-order valence-corrected chi connectivity index (χ3v) is 3.19. The van der Waals surface area contributed by atoms with Crippen molar-refractivity contribution >= 4 is 23.0 Å². The number of aliphatic imine (C=N–C) groups is 1. The fraction of sp³-hybridized carbons (Fsp3) is 0.417. The number of para-hydroxylation sites is 1. The molecule has 0 radical (unpaired) electrons. The van der Waals surface area contributed by atoms with Crippen molar-refractivity contribution in [2.24, 2.45) is 4.99 Å². The Kier molecular flexibility index (Phi) is 5.86. The molecule has 0 aliphatic heterocycles. The van der Waals surface area contributed by atoms with Gasteiger partial charge in [0.1, 0.15) is 11.0 Å². The first-order valence-electron chi connectivity index (χ1n) is 5.60. The Morgan fingerprint density at radius 3 is 2.76 bits per heavy atom. The minimum absolute atomic E-state index is 0.721. The van der Waals surface area contributed by atoms with Gasteiger partial charge in [0.05, 0.1) is 16.9 Å². The number of hydrogen-bond donors (Lipinski definition) is 1. The monoisotopic (exact) mass is 253 g/mol.